The molecular weight excluding hydrogens is 286 g/mol. The van der Waals surface area contributed by atoms with Crippen molar-refractivity contribution in [3.63, 3.8) is 0 Å². The largest absolute Gasteiger partial charge is 0.496 e. The van der Waals surface area contributed by atoms with E-state index >= 15 is 0 Å². The number of benzene rings is 1. The van der Waals surface area contributed by atoms with E-state index in [1.165, 1.54) is 14.2 Å². The fourth-order valence-electron chi connectivity index (χ4n) is 2.15. The van der Waals surface area contributed by atoms with Crippen LogP contribution in [0.3, 0.4) is 0 Å². The maximum atomic E-state index is 12.3. The van der Waals surface area contributed by atoms with Gasteiger partial charge in [0.2, 0.25) is 0 Å². The number of carboxylic acid groups (broad SMARTS) is 1. The van der Waals surface area contributed by atoms with Gasteiger partial charge in [0.15, 0.2) is 0 Å². The second kappa shape index (κ2) is 7.68. The molecule has 0 aromatic heterocycles. The summed E-state index contributed by atoms with van der Waals surface area (Å²) in [5, 5.41) is 11.7. The van der Waals surface area contributed by atoms with Crippen LogP contribution in [0.2, 0.25) is 0 Å². The predicted octanol–water partition coefficient (Wildman–Crippen LogP) is 2.24. The van der Waals surface area contributed by atoms with E-state index in [4.69, 9.17) is 9.47 Å². The summed E-state index contributed by atoms with van der Waals surface area (Å²) >= 11 is 0. The fourth-order valence-corrected chi connectivity index (χ4v) is 2.15. The average Bonchev–Trinajstić information content (AvgIpc) is 2.46. The molecule has 0 saturated heterocycles. The van der Waals surface area contributed by atoms with Crippen LogP contribution in [0, 0.1) is 12.8 Å². The van der Waals surface area contributed by atoms with Crippen LogP contribution in [-0.2, 0) is 4.79 Å². The molecule has 1 amide bonds. The Bertz CT molecular complexity index is 528. The Hall–Kier alpha value is -2.24. The number of aliphatic carboxylic acids is 1. The van der Waals surface area contributed by atoms with Gasteiger partial charge in [-0.1, -0.05) is 13.8 Å². The summed E-state index contributed by atoms with van der Waals surface area (Å²) in [7, 11) is 3.00. The summed E-state index contributed by atoms with van der Waals surface area (Å²) in [4.78, 5) is 23.5. The van der Waals surface area contributed by atoms with E-state index < -0.39 is 17.9 Å². The molecule has 2 N–H and O–H groups in total. The lowest BCUT2D eigenvalue weighted by molar-refractivity contribution is -0.139. The van der Waals surface area contributed by atoms with Gasteiger partial charge in [-0.05, 0) is 31.4 Å². The van der Waals surface area contributed by atoms with Crippen LogP contribution in [0.15, 0.2) is 12.1 Å². The van der Waals surface area contributed by atoms with E-state index in [0.717, 1.165) is 5.56 Å². The summed E-state index contributed by atoms with van der Waals surface area (Å²) in [6.45, 7) is 5.62. The molecular formula is C16H23NO5. The molecule has 22 heavy (non-hydrogen) atoms. The summed E-state index contributed by atoms with van der Waals surface area (Å²) < 4.78 is 10.4. The molecule has 0 aliphatic rings. The van der Waals surface area contributed by atoms with Crippen LogP contribution < -0.4 is 14.8 Å². The van der Waals surface area contributed by atoms with E-state index in [-0.39, 0.29) is 5.92 Å². The molecule has 0 radical (unpaired) electrons. The predicted molar refractivity (Wildman–Crippen MR) is 82.6 cm³/mol. The first-order valence-corrected chi connectivity index (χ1v) is 7.06. The van der Waals surface area contributed by atoms with Gasteiger partial charge in [0, 0.05) is 11.1 Å². The smallest absolute Gasteiger partial charge is 0.326 e. The Labute approximate surface area is 130 Å². The van der Waals surface area contributed by atoms with E-state index in [1.54, 1.807) is 12.1 Å². The molecule has 0 heterocycles. The molecule has 1 aromatic carbocycles. The Morgan fingerprint density at radius 3 is 2.05 bits per heavy atom. The van der Waals surface area contributed by atoms with Crippen LogP contribution in [0.5, 0.6) is 11.5 Å². The SMILES string of the molecule is COc1cc(C(=O)N[C@@H](CC(C)C)C(=O)O)cc(OC)c1C. The first kappa shape index (κ1) is 17.8. The van der Waals surface area contributed by atoms with Crippen molar-refractivity contribution >= 4 is 11.9 Å². The third kappa shape index (κ3) is 4.38. The Morgan fingerprint density at radius 2 is 1.68 bits per heavy atom. The van der Waals surface area contributed by atoms with Crippen LogP contribution in [0.4, 0.5) is 0 Å². The number of carbonyl (C=O) groups is 2. The number of hydrogen-bond donors (Lipinski definition) is 2. The molecule has 0 spiro atoms. The normalized spacial score (nSPS) is 11.9. The maximum Gasteiger partial charge on any atom is 0.326 e. The van der Waals surface area contributed by atoms with Crippen molar-refractivity contribution in [3.05, 3.63) is 23.3 Å². The monoisotopic (exact) mass is 309 g/mol. The number of ether oxygens (including phenoxy) is 2. The van der Waals surface area contributed by atoms with Gasteiger partial charge in [0.1, 0.15) is 17.5 Å². The van der Waals surface area contributed by atoms with Crippen LogP contribution >= 0.6 is 0 Å². The number of carbonyl (C=O) groups excluding carboxylic acids is 1. The number of amides is 1. The molecule has 0 aliphatic heterocycles. The van der Waals surface area contributed by atoms with Gasteiger partial charge in [-0.3, -0.25) is 4.79 Å². The van der Waals surface area contributed by atoms with E-state index in [0.29, 0.717) is 23.5 Å². The molecule has 6 nitrogen and oxygen atoms in total. The summed E-state index contributed by atoms with van der Waals surface area (Å²) in [5.41, 5.74) is 1.08. The number of carboxylic acids is 1. The molecule has 1 atom stereocenters. The fraction of sp³-hybridized carbons (Fsp3) is 0.500. The summed E-state index contributed by atoms with van der Waals surface area (Å²) in [6.07, 6.45) is 0.362. The third-order valence-corrected chi connectivity index (χ3v) is 3.32. The second-order valence-electron chi connectivity index (χ2n) is 5.50. The highest BCUT2D eigenvalue weighted by Crippen LogP contribution is 2.29. The minimum absolute atomic E-state index is 0.156. The standard InChI is InChI=1S/C16H23NO5/c1-9(2)6-12(16(19)20)17-15(18)11-7-13(21-4)10(3)14(8-11)22-5/h7-9,12H,6H2,1-5H3,(H,17,18)(H,19,20)/t12-/m0/s1. The van der Waals surface area contributed by atoms with Crippen molar-refractivity contribution in [3.8, 4) is 11.5 Å². The zero-order chi connectivity index (χ0) is 16.9. The van der Waals surface area contributed by atoms with Gasteiger partial charge in [-0.15, -0.1) is 0 Å². The summed E-state index contributed by atoms with van der Waals surface area (Å²) in [5.74, 6) is -0.332. The van der Waals surface area contributed by atoms with Crippen LogP contribution in [-0.4, -0.2) is 37.2 Å². The highest BCUT2D eigenvalue weighted by molar-refractivity contribution is 5.97. The molecule has 122 valence electrons. The average molecular weight is 309 g/mol. The van der Waals surface area contributed by atoms with Gasteiger partial charge >= 0.3 is 5.97 Å². The highest BCUT2D eigenvalue weighted by Gasteiger charge is 2.23. The highest BCUT2D eigenvalue weighted by atomic mass is 16.5. The maximum absolute atomic E-state index is 12.3. The van der Waals surface area contributed by atoms with Gasteiger partial charge in [-0.25, -0.2) is 4.79 Å². The second-order valence-corrected chi connectivity index (χ2v) is 5.50. The number of methoxy groups -OCH3 is 2. The Balaban J connectivity index is 3.04. The number of rotatable bonds is 7. The topological polar surface area (TPSA) is 84.9 Å². The van der Waals surface area contributed by atoms with Gasteiger partial charge in [-0.2, -0.15) is 0 Å². The molecule has 0 aliphatic carbocycles. The lowest BCUT2D eigenvalue weighted by Crippen LogP contribution is -2.41. The quantitative estimate of drug-likeness (QED) is 0.807. The van der Waals surface area contributed by atoms with Crippen LogP contribution in [0.1, 0.15) is 36.2 Å². The van der Waals surface area contributed by atoms with Gasteiger partial charge in [0.05, 0.1) is 14.2 Å². The van der Waals surface area contributed by atoms with Crippen molar-refractivity contribution < 1.29 is 24.2 Å². The first-order chi connectivity index (χ1) is 10.3. The van der Waals surface area contributed by atoms with E-state index in [9.17, 15) is 14.7 Å². The Morgan fingerprint density at radius 1 is 1.18 bits per heavy atom. The number of hydrogen-bond acceptors (Lipinski definition) is 4. The van der Waals surface area contributed by atoms with Crippen LogP contribution in [0.25, 0.3) is 0 Å². The minimum Gasteiger partial charge on any atom is -0.496 e. The van der Waals surface area contributed by atoms with Gasteiger partial charge in [0.25, 0.3) is 5.91 Å². The number of nitrogens with one attached hydrogen (secondary N) is 1. The van der Waals surface area contributed by atoms with Gasteiger partial charge < -0.3 is 19.9 Å². The Kier molecular flexibility index (Phi) is 6.22. The molecule has 0 unspecified atom stereocenters. The molecule has 1 rings (SSSR count). The molecule has 6 heteroatoms. The molecule has 1 aromatic rings. The molecule has 0 fully saturated rings. The van der Waals surface area contributed by atoms with Crippen molar-refractivity contribution in [1.29, 1.82) is 0 Å². The van der Waals surface area contributed by atoms with E-state index in [1.807, 2.05) is 20.8 Å². The summed E-state index contributed by atoms with van der Waals surface area (Å²) in [6, 6.07) is 2.22. The lowest BCUT2D eigenvalue weighted by atomic mass is 10.0. The van der Waals surface area contributed by atoms with Crippen molar-refractivity contribution in [2.24, 2.45) is 5.92 Å². The minimum atomic E-state index is -1.05. The van der Waals surface area contributed by atoms with Crippen molar-refractivity contribution in [2.75, 3.05) is 14.2 Å². The molecule has 0 bridgehead atoms. The zero-order valence-corrected chi connectivity index (χ0v) is 13.6. The van der Waals surface area contributed by atoms with Crippen molar-refractivity contribution in [2.45, 2.75) is 33.2 Å². The molecule has 0 saturated carbocycles. The van der Waals surface area contributed by atoms with E-state index in [2.05, 4.69) is 5.32 Å². The van der Waals surface area contributed by atoms with Crippen molar-refractivity contribution in [1.82, 2.24) is 5.32 Å². The third-order valence-electron chi connectivity index (χ3n) is 3.32. The first-order valence-electron chi connectivity index (χ1n) is 7.06. The lowest BCUT2D eigenvalue weighted by Gasteiger charge is -2.17. The zero-order valence-electron chi connectivity index (χ0n) is 13.6.